The zero-order valence-corrected chi connectivity index (χ0v) is 37.4. The highest BCUT2D eigenvalue weighted by atomic mass is 32.1. The zero-order valence-electron chi connectivity index (χ0n) is 36.6. The second-order valence-electron chi connectivity index (χ2n) is 17.2. The number of thiophene rings is 1. The molecule has 0 amide bonds. The Balaban J connectivity index is 1.05. The number of para-hydroxylation sites is 3. The van der Waals surface area contributed by atoms with Gasteiger partial charge in [-0.3, -0.25) is 0 Å². The minimum absolute atomic E-state index is 1.08. The number of nitrogens with zero attached hydrogens (tertiary/aromatic N) is 2. The van der Waals surface area contributed by atoms with Gasteiger partial charge in [-0.1, -0.05) is 188 Å². The molecule has 2 aromatic heterocycles. The van der Waals surface area contributed by atoms with Gasteiger partial charge in [-0.2, -0.15) is 0 Å². The van der Waals surface area contributed by atoms with Gasteiger partial charge in [0.2, 0.25) is 0 Å². The van der Waals surface area contributed by atoms with Gasteiger partial charge in [-0.05, 0) is 111 Å². The van der Waals surface area contributed by atoms with Crippen LogP contribution in [-0.2, 0) is 0 Å². The van der Waals surface area contributed by atoms with Gasteiger partial charge in [-0.15, -0.1) is 11.3 Å². The van der Waals surface area contributed by atoms with Crippen molar-refractivity contribution >= 4 is 81.1 Å². The third kappa shape index (κ3) is 6.63. The van der Waals surface area contributed by atoms with E-state index in [1.807, 2.05) is 11.3 Å². The topological polar surface area (TPSA) is 8.17 Å². The molecule has 0 atom stereocenters. The molecule has 0 unspecified atom stereocenters. The van der Waals surface area contributed by atoms with Crippen LogP contribution >= 0.6 is 11.3 Å². The van der Waals surface area contributed by atoms with Gasteiger partial charge in [0.1, 0.15) is 0 Å². The number of benzene rings is 11. The van der Waals surface area contributed by atoms with E-state index in [0.717, 1.165) is 33.9 Å². The van der Waals surface area contributed by atoms with E-state index in [9.17, 15) is 0 Å². The molecule has 0 radical (unpaired) electrons. The summed E-state index contributed by atoms with van der Waals surface area (Å²) in [5, 5.41) is 7.55. The Labute approximate surface area is 393 Å². The summed E-state index contributed by atoms with van der Waals surface area (Å²) in [5.74, 6) is 0. The van der Waals surface area contributed by atoms with Crippen molar-refractivity contribution in [2.75, 3.05) is 4.90 Å². The maximum Gasteiger partial charge on any atom is 0.0541 e. The maximum absolute atomic E-state index is 2.45. The number of hydrogen-bond donors (Lipinski definition) is 0. The first kappa shape index (κ1) is 38.9. The molecule has 13 rings (SSSR count). The molecule has 0 aliphatic rings. The van der Waals surface area contributed by atoms with Gasteiger partial charge >= 0.3 is 0 Å². The Morgan fingerprint density at radius 1 is 0.313 bits per heavy atom. The van der Waals surface area contributed by atoms with Crippen LogP contribution in [0.25, 0.3) is 103 Å². The molecule has 2 heterocycles. The van der Waals surface area contributed by atoms with Crippen LogP contribution in [0, 0.1) is 0 Å². The molecule has 0 aliphatic heterocycles. The van der Waals surface area contributed by atoms with Crippen LogP contribution in [0.1, 0.15) is 0 Å². The van der Waals surface area contributed by atoms with E-state index in [0.29, 0.717) is 0 Å². The van der Waals surface area contributed by atoms with Gasteiger partial charge in [0.05, 0.1) is 22.4 Å². The van der Waals surface area contributed by atoms with Crippen LogP contribution in [0.4, 0.5) is 17.1 Å². The highest BCUT2D eigenvalue weighted by Gasteiger charge is 2.23. The Morgan fingerprint density at radius 3 is 1.60 bits per heavy atom. The van der Waals surface area contributed by atoms with E-state index in [-0.39, 0.29) is 0 Å². The third-order valence-corrected chi connectivity index (χ3v) is 14.6. The van der Waals surface area contributed by atoms with Crippen molar-refractivity contribution in [3.8, 4) is 50.2 Å². The predicted octanol–water partition coefficient (Wildman–Crippen LogP) is 18.4. The van der Waals surface area contributed by atoms with Crippen molar-refractivity contribution in [3.63, 3.8) is 0 Å². The summed E-state index contributed by atoms with van der Waals surface area (Å²) in [6, 6.07) is 93.3. The van der Waals surface area contributed by atoms with Crippen LogP contribution < -0.4 is 4.90 Å². The first-order chi connectivity index (χ1) is 33.2. The van der Waals surface area contributed by atoms with E-state index in [1.54, 1.807) is 0 Å². The Hall–Kier alpha value is -8.50. The van der Waals surface area contributed by atoms with E-state index < -0.39 is 0 Å². The van der Waals surface area contributed by atoms with Gasteiger partial charge < -0.3 is 9.47 Å². The molecule has 0 saturated carbocycles. The number of anilines is 3. The van der Waals surface area contributed by atoms with Gasteiger partial charge in [0.15, 0.2) is 0 Å². The lowest BCUT2D eigenvalue weighted by Crippen LogP contribution is -2.11. The summed E-state index contributed by atoms with van der Waals surface area (Å²) in [6.07, 6.45) is 0. The predicted molar refractivity (Wildman–Crippen MR) is 288 cm³/mol. The van der Waals surface area contributed by atoms with Gasteiger partial charge in [-0.25, -0.2) is 0 Å². The van der Waals surface area contributed by atoms with Crippen LogP contribution in [-0.4, -0.2) is 4.57 Å². The molecule has 13 aromatic rings. The largest absolute Gasteiger partial charge is 0.310 e. The second-order valence-corrected chi connectivity index (χ2v) is 18.3. The lowest BCUT2D eigenvalue weighted by Gasteiger charge is -2.29. The summed E-state index contributed by atoms with van der Waals surface area (Å²) in [5.41, 5.74) is 16.3. The number of rotatable bonds is 8. The number of fused-ring (bicyclic) bond motifs is 7. The minimum atomic E-state index is 1.08. The molecule has 314 valence electrons. The summed E-state index contributed by atoms with van der Waals surface area (Å²) in [4.78, 5) is 2.45. The third-order valence-electron chi connectivity index (χ3n) is 13.4. The first-order valence-electron chi connectivity index (χ1n) is 22.9. The monoisotopic (exact) mass is 870 g/mol. The van der Waals surface area contributed by atoms with Gasteiger partial charge in [0.25, 0.3) is 0 Å². The smallest absolute Gasteiger partial charge is 0.0541 e. The second kappa shape index (κ2) is 16.2. The van der Waals surface area contributed by atoms with Crippen molar-refractivity contribution in [1.29, 1.82) is 0 Å². The quantitative estimate of drug-likeness (QED) is 0.148. The Morgan fingerprint density at radius 2 is 0.836 bits per heavy atom. The molecule has 11 aromatic carbocycles. The molecule has 0 spiro atoms. The summed E-state index contributed by atoms with van der Waals surface area (Å²) < 4.78 is 5.01. The van der Waals surface area contributed by atoms with Crippen LogP contribution in [0.5, 0.6) is 0 Å². The summed E-state index contributed by atoms with van der Waals surface area (Å²) in [6.45, 7) is 0. The minimum Gasteiger partial charge on any atom is -0.310 e. The molecule has 67 heavy (non-hydrogen) atoms. The average molecular weight is 871 g/mol. The van der Waals surface area contributed by atoms with Crippen LogP contribution in [0.15, 0.2) is 255 Å². The molecule has 0 N–H and O–H groups in total. The summed E-state index contributed by atoms with van der Waals surface area (Å²) in [7, 11) is 0. The fourth-order valence-electron chi connectivity index (χ4n) is 10.3. The van der Waals surface area contributed by atoms with Crippen molar-refractivity contribution in [3.05, 3.63) is 255 Å². The standard InChI is InChI=1S/C64H42N2S/c1-2-16-43(17-3-1)44-32-37-48(38-33-44)65(49-39-34-46(35-40-49)51-25-14-19-45-18-4-5-20-50(45)51)61-41-36-47(42-57(61)55-26-15-31-63-64(55)56-24-9-13-30-62(56)67-63)52-21-6-10-27-58(52)66-59-28-11-7-22-53(59)54-23-8-12-29-60(54)66/h1-42H. The molecule has 0 fully saturated rings. The molecule has 0 saturated heterocycles. The SMILES string of the molecule is c1ccc(-c2ccc(N(c3ccc(-c4cccc5ccccc45)cc3)c3ccc(-c4ccccc4-n4c5ccccc5c5ccccc54)cc3-c3cccc4sc5ccccc5c34)cc2)cc1. The van der Waals surface area contributed by atoms with E-state index in [1.165, 1.54) is 86.1 Å². The lowest BCUT2D eigenvalue weighted by atomic mass is 9.92. The van der Waals surface area contributed by atoms with E-state index >= 15 is 0 Å². The molecular formula is C64H42N2S. The highest BCUT2D eigenvalue weighted by Crippen LogP contribution is 2.48. The molecule has 0 bridgehead atoms. The zero-order chi connectivity index (χ0) is 44.3. The molecular weight excluding hydrogens is 829 g/mol. The number of aromatic nitrogens is 1. The Bertz CT molecular complexity index is 3910. The highest BCUT2D eigenvalue weighted by molar-refractivity contribution is 7.25. The summed E-state index contributed by atoms with van der Waals surface area (Å²) >= 11 is 1.86. The van der Waals surface area contributed by atoms with Crippen molar-refractivity contribution in [2.45, 2.75) is 0 Å². The Kier molecular flexibility index (Phi) is 9.40. The first-order valence-corrected chi connectivity index (χ1v) is 23.7. The maximum atomic E-state index is 2.45. The van der Waals surface area contributed by atoms with Crippen molar-refractivity contribution in [2.24, 2.45) is 0 Å². The lowest BCUT2D eigenvalue weighted by molar-refractivity contribution is 1.18. The molecule has 3 heteroatoms. The molecule has 0 aliphatic carbocycles. The van der Waals surface area contributed by atoms with Crippen LogP contribution in [0.3, 0.4) is 0 Å². The number of hydrogen-bond acceptors (Lipinski definition) is 2. The normalized spacial score (nSPS) is 11.6. The van der Waals surface area contributed by atoms with Crippen molar-refractivity contribution in [1.82, 2.24) is 4.57 Å². The van der Waals surface area contributed by atoms with E-state index in [2.05, 4.69) is 264 Å². The fraction of sp³-hybridized carbons (Fsp3) is 0. The molecule has 2 nitrogen and oxygen atoms in total. The fourth-order valence-corrected chi connectivity index (χ4v) is 11.5. The van der Waals surface area contributed by atoms with Gasteiger partial charge in [0, 0.05) is 53.4 Å². The van der Waals surface area contributed by atoms with E-state index in [4.69, 9.17) is 0 Å². The van der Waals surface area contributed by atoms with Crippen LogP contribution in [0.2, 0.25) is 0 Å². The van der Waals surface area contributed by atoms with Crippen molar-refractivity contribution < 1.29 is 0 Å². The average Bonchev–Trinajstić information content (AvgIpc) is 3.96.